The van der Waals surface area contributed by atoms with Crippen molar-refractivity contribution in [2.45, 2.75) is 39.2 Å². The van der Waals surface area contributed by atoms with Crippen molar-refractivity contribution in [3.8, 4) is 0 Å². The molecule has 0 saturated carbocycles. The number of carboxylic acid groups (broad SMARTS) is 1. The van der Waals surface area contributed by atoms with E-state index in [1.165, 1.54) is 11.8 Å². The fraction of sp³-hybridized carbons (Fsp3) is 0.467. The van der Waals surface area contributed by atoms with Gasteiger partial charge in [0.05, 0.1) is 0 Å². The molecule has 20 heavy (non-hydrogen) atoms. The van der Waals surface area contributed by atoms with Crippen LogP contribution >= 0.6 is 0 Å². The van der Waals surface area contributed by atoms with Crippen LogP contribution in [0.2, 0.25) is 0 Å². The molecule has 1 atom stereocenters. The highest BCUT2D eigenvalue weighted by Gasteiger charge is 2.34. The van der Waals surface area contributed by atoms with E-state index in [1.54, 1.807) is 7.05 Å². The third-order valence-electron chi connectivity index (χ3n) is 3.33. The molecule has 0 radical (unpaired) electrons. The Morgan fingerprint density at radius 2 is 1.85 bits per heavy atom. The van der Waals surface area contributed by atoms with Crippen molar-refractivity contribution < 1.29 is 14.7 Å². The quantitative estimate of drug-likeness (QED) is 0.870. The molecule has 0 spiro atoms. The highest BCUT2D eigenvalue weighted by atomic mass is 16.4. The number of hydrogen-bond donors (Lipinski definition) is 2. The Kier molecular flexibility index (Phi) is 5.13. The van der Waals surface area contributed by atoms with Crippen LogP contribution in [-0.4, -0.2) is 29.7 Å². The van der Waals surface area contributed by atoms with Crippen molar-refractivity contribution in [1.82, 2.24) is 5.32 Å². The average Bonchev–Trinajstić information content (AvgIpc) is 2.38. The van der Waals surface area contributed by atoms with E-state index in [9.17, 15) is 14.7 Å². The van der Waals surface area contributed by atoms with Gasteiger partial charge in [0.15, 0.2) is 0 Å². The number of nitrogens with one attached hydrogen (secondary N) is 1. The smallest absolute Gasteiger partial charge is 0.329 e. The van der Waals surface area contributed by atoms with E-state index < -0.39 is 17.5 Å². The van der Waals surface area contributed by atoms with Crippen LogP contribution in [0.4, 0.5) is 10.5 Å². The van der Waals surface area contributed by atoms with Crippen LogP contribution in [0.15, 0.2) is 24.3 Å². The van der Waals surface area contributed by atoms with Gasteiger partial charge >= 0.3 is 12.0 Å². The summed E-state index contributed by atoms with van der Waals surface area (Å²) in [6, 6.07) is 7.04. The first-order chi connectivity index (χ1) is 9.30. The molecular weight excluding hydrogens is 256 g/mol. The standard InChI is InChI=1S/C15H22N2O3/c1-5-10-15(3,13(18)19)16-14(20)17(4)12-8-6-11(2)7-9-12/h6-9H,5,10H2,1-4H3,(H,16,20)(H,18,19). The Labute approximate surface area is 119 Å². The van der Waals surface area contributed by atoms with Crippen LogP contribution in [0.1, 0.15) is 32.3 Å². The van der Waals surface area contributed by atoms with Crippen molar-refractivity contribution in [3.05, 3.63) is 29.8 Å². The second kappa shape index (κ2) is 6.41. The monoisotopic (exact) mass is 278 g/mol. The zero-order valence-corrected chi connectivity index (χ0v) is 12.4. The van der Waals surface area contributed by atoms with Gasteiger partial charge < -0.3 is 10.4 Å². The Morgan fingerprint density at radius 3 is 2.30 bits per heavy atom. The van der Waals surface area contributed by atoms with Crippen LogP contribution in [-0.2, 0) is 4.79 Å². The van der Waals surface area contributed by atoms with Gasteiger partial charge in [-0.2, -0.15) is 0 Å². The topological polar surface area (TPSA) is 69.6 Å². The number of carboxylic acids is 1. The number of benzene rings is 1. The number of amides is 2. The zero-order chi connectivity index (χ0) is 15.3. The number of aliphatic carboxylic acids is 1. The van der Waals surface area contributed by atoms with E-state index in [2.05, 4.69) is 5.32 Å². The van der Waals surface area contributed by atoms with Crippen molar-refractivity contribution in [1.29, 1.82) is 0 Å². The Balaban J connectivity index is 2.83. The molecule has 2 amide bonds. The molecule has 1 aromatic carbocycles. The van der Waals surface area contributed by atoms with Crippen molar-refractivity contribution >= 4 is 17.7 Å². The summed E-state index contributed by atoms with van der Waals surface area (Å²) in [5.74, 6) is -1.02. The van der Waals surface area contributed by atoms with Gasteiger partial charge in [0.1, 0.15) is 5.54 Å². The maximum absolute atomic E-state index is 12.2. The molecule has 1 aromatic rings. The van der Waals surface area contributed by atoms with Crippen LogP contribution in [0.3, 0.4) is 0 Å². The maximum Gasteiger partial charge on any atom is 0.329 e. The molecule has 1 unspecified atom stereocenters. The lowest BCUT2D eigenvalue weighted by Crippen LogP contribution is -2.55. The normalized spacial score (nSPS) is 13.4. The molecule has 0 fully saturated rings. The number of urea groups is 1. The van der Waals surface area contributed by atoms with Gasteiger partial charge in [-0.1, -0.05) is 31.0 Å². The molecule has 0 heterocycles. The van der Waals surface area contributed by atoms with Gasteiger partial charge in [0, 0.05) is 12.7 Å². The van der Waals surface area contributed by atoms with E-state index in [1.807, 2.05) is 38.1 Å². The van der Waals surface area contributed by atoms with Gasteiger partial charge in [-0.25, -0.2) is 9.59 Å². The van der Waals surface area contributed by atoms with E-state index in [0.717, 1.165) is 11.3 Å². The molecule has 2 N–H and O–H groups in total. The number of carbonyl (C=O) groups excluding carboxylic acids is 1. The second-order valence-electron chi connectivity index (χ2n) is 5.21. The summed E-state index contributed by atoms with van der Waals surface area (Å²) in [5.41, 5.74) is 0.575. The van der Waals surface area contributed by atoms with E-state index in [0.29, 0.717) is 12.8 Å². The van der Waals surface area contributed by atoms with Gasteiger partial charge in [-0.15, -0.1) is 0 Å². The second-order valence-corrected chi connectivity index (χ2v) is 5.21. The lowest BCUT2D eigenvalue weighted by molar-refractivity contribution is -0.144. The molecule has 5 heteroatoms. The summed E-state index contributed by atoms with van der Waals surface area (Å²) in [7, 11) is 1.62. The summed E-state index contributed by atoms with van der Waals surface area (Å²) < 4.78 is 0. The number of carbonyl (C=O) groups is 2. The zero-order valence-electron chi connectivity index (χ0n) is 12.4. The molecule has 110 valence electrons. The van der Waals surface area contributed by atoms with Gasteiger partial charge in [0.25, 0.3) is 0 Å². The molecule has 1 rings (SSSR count). The number of hydrogen-bond acceptors (Lipinski definition) is 2. The minimum atomic E-state index is -1.25. The summed E-state index contributed by atoms with van der Waals surface area (Å²) in [6.45, 7) is 5.38. The Morgan fingerprint density at radius 1 is 1.30 bits per heavy atom. The third kappa shape index (κ3) is 3.73. The summed E-state index contributed by atoms with van der Waals surface area (Å²) >= 11 is 0. The molecule has 0 aliphatic rings. The molecule has 0 aliphatic heterocycles. The minimum absolute atomic E-state index is 0.385. The predicted octanol–water partition coefficient (Wildman–Crippen LogP) is 2.78. The SMILES string of the molecule is CCCC(C)(NC(=O)N(C)c1ccc(C)cc1)C(=O)O. The fourth-order valence-electron chi connectivity index (χ4n) is 1.93. The highest BCUT2D eigenvalue weighted by molar-refractivity contribution is 5.95. The Hall–Kier alpha value is -2.04. The number of nitrogens with zero attached hydrogens (tertiary/aromatic N) is 1. The first-order valence-electron chi connectivity index (χ1n) is 6.66. The third-order valence-corrected chi connectivity index (χ3v) is 3.33. The average molecular weight is 278 g/mol. The summed E-state index contributed by atoms with van der Waals surface area (Å²) in [4.78, 5) is 24.9. The van der Waals surface area contributed by atoms with Crippen LogP contribution in [0.5, 0.6) is 0 Å². The Bertz CT molecular complexity index is 484. The molecule has 0 saturated heterocycles. The predicted molar refractivity (Wildman–Crippen MR) is 79.1 cm³/mol. The summed E-state index contributed by atoms with van der Waals surface area (Å²) in [6.07, 6.45) is 1.06. The lowest BCUT2D eigenvalue weighted by Gasteiger charge is -2.29. The van der Waals surface area contributed by atoms with Crippen molar-refractivity contribution in [2.24, 2.45) is 0 Å². The van der Waals surface area contributed by atoms with Crippen molar-refractivity contribution in [2.75, 3.05) is 11.9 Å². The molecule has 0 bridgehead atoms. The fourth-order valence-corrected chi connectivity index (χ4v) is 1.93. The van der Waals surface area contributed by atoms with Crippen molar-refractivity contribution in [3.63, 3.8) is 0 Å². The number of anilines is 1. The maximum atomic E-state index is 12.2. The van der Waals surface area contributed by atoms with E-state index in [-0.39, 0.29) is 0 Å². The summed E-state index contributed by atoms with van der Waals surface area (Å²) in [5, 5.41) is 11.9. The van der Waals surface area contributed by atoms with E-state index in [4.69, 9.17) is 0 Å². The largest absolute Gasteiger partial charge is 0.480 e. The van der Waals surface area contributed by atoms with Gasteiger partial charge in [0.2, 0.25) is 0 Å². The van der Waals surface area contributed by atoms with Crippen LogP contribution in [0.25, 0.3) is 0 Å². The van der Waals surface area contributed by atoms with E-state index >= 15 is 0 Å². The highest BCUT2D eigenvalue weighted by Crippen LogP contribution is 2.17. The minimum Gasteiger partial charge on any atom is -0.480 e. The van der Waals surface area contributed by atoms with Crippen LogP contribution < -0.4 is 10.2 Å². The first-order valence-corrected chi connectivity index (χ1v) is 6.66. The number of rotatable bonds is 5. The molecular formula is C15H22N2O3. The first kappa shape index (κ1) is 16.0. The molecule has 0 aromatic heterocycles. The lowest BCUT2D eigenvalue weighted by atomic mass is 9.96. The molecule has 0 aliphatic carbocycles. The number of aryl methyl sites for hydroxylation is 1. The molecule has 5 nitrogen and oxygen atoms in total. The van der Waals surface area contributed by atoms with Crippen LogP contribution in [0, 0.1) is 6.92 Å². The van der Waals surface area contributed by atoms with Gasteiger partial charge in [-0.05, 0) is 32.4 Å². The van der Waals surface area contributed by atoms with Gasteiger partial charge in [-0.3, -0.25) is 4.90 Å².